The van der Waals surface area contributed by atoms with Crippen molar-refractivity contribution in [3.05, 3.63) is 30.4 Å². The zero-order valence-corrected chi connectivity index (χ0v) is 16.8. The molecule has 0 aromatic carbocycles. The van der Waals surface area contributed by atoms with Gasteiger partial charge in [0.1, 0.15) is 12.0 Å². The van der Waals surface area contributed by atoms with Crippen LogP contribution < -0.4 is 10.2 Å². The Hall–Kier alpha value is -3.40. The van der Waals surface area contributed by atoms with E-state index in [0.29, 0.717) is 28.8 Å². The van der Waals surface area contributed by atoms with Gasteiger partial charge in [-0.2, -0.15) is 5.10 Å². The van der Waals surface area contributed by atoms with Crippen LogP contribution in [0.1, 0.15) is 25.0 Å². The molecule has 10 heteroatoms. The summed E-state index contributed by atoms with van der Waals surface area (Å²) in [6.45, 7) is 2.14. The molecule has 3 aromatic heterocycles. The highest BCUT2D eigenvalue weighted by atomic mass is 16.5. The zero-order valence-electron chi connectivity index (χ0n) is 16.8. The standard InChI is InChI=1S/C20H22N8O2/c1-11-14(5-6-15(25-11)18-23-10-24-27-18)16-8-21-19-20(26-16)28(17(29)9-22-19)12-3-4-13(7-12)30-2/h5-6,8,10,12-13H,3-4,7,9H2,1-2H3,(H,21,22)(H,23,24,27)/t12?,13-/m1/s1. The molecule has 5 rings (SSSR count). The molecular weight excluding hydrogens is 384 g/mol. The number of rotatable bonds is 4. The number of anilines is 2. The number of nitrogens with one attached hydrogen (secondary N) is 2. The van der Waals surface area contributed by atoms with E-state index < -0.39 is 0 Å². The molecule has 0 radical (unpaired) electrons. The highest BCUT2D eigenvalue weighted by Crippen LogP contribution is 2.35. The van der Waals surface area contributed by atoms with E-state index in [1.54, 1.807) is 18.2 Å². The van der Waals surface area contributed by atoms with Crippen molar-refractivity contribution in [2.75, 3.05) is 23.9 Å². The quantitative estimate of drug-likeness (QED) is 0.674. The Bertz CT molecular complexity index is 1080. The molecule has 0 spiro atoms. The maximum Gasteiger partial charge on any atom is 0.247 e. The Morgan fingerprint density at radius 2 is 2.07 bits per heavy atom. The predicted octanol–water partition coefficient (Wildman–Crippen LogP) is 1.96. The summed E-state index contributed by atoms with van der Waals surface area (Å²) in [4.78, 5) is 32.7. The smallest absolute Gasteiger partial charge is 0.247 e. The van der Waals surface area contributed by atoms with Crippen LogP contribution in [0.4, 0.5) is 11.6 Å². The van der Waals surface area contributed by atoms with Crippen molar-refractivity contribution in [2.24, 2.45) is 0 Å². The fraction of sp³-hybridized carbons (Fsp3) is 0.400. The van der Waals surface area contributed by atoms with E-state index in [-0.39, 0.29) is 24.6 Å². The molecule has 1 amide bonds. The van der Waals surface area contributed by atoms with Crippen LogP contribution in [0.25, 0.3) is 22.8 Å². The molecule has 0 saturated heterocycles. The number of H-pyrrole nitrogens is 1. The molecule has 1 unspecified atom stereocenters. The Morgan fingerprint density at radius 1 is 1.17 bits per heavy atom. The first-order chi connectivity index (χ1) is 14.6. The highest BCUT2D eigenvalue weighted by molar-refractivity contribution is 6.01. The molecule has 0 bridgehead atoms. The molecule has 1 saturated carbocycles. The van der Waals surface area contributed by atoms with E-state index in [1.165, 1.54) is 6.33 Å². The van der Waals surface area contributed by atoms with Gasteiger partial charge in [0.15, 0.2) is 17.5 Å². The van der Waals surface area contributed by atoms with Gasteiger partial charge in [0.25, 0.3) is 0 Å². The van der Waals surface area contributed by atoms with Gasteiger partial charge in [0.05, 0.1) is 24.5 Å². The van der Waals surface area contributed by atoms with E-state index in [2.05, 4.69) is 30.5 Å². The van der Waals surface area contributed by atoms with Crippen LogP contribution in [0.5, 0.6) is 0 Å². The molecule has 10 nitrogen and oxygen atoms in total. The average molecular weight is 406 g/mol. The topological polar surface area (TPSA) is 122 Å². The van der Waals surface area contributed by atoms with Crippen LogP contribution in [-0.2, 0) is 9.53 Å². The number of methoxy groups -OCH3 is 1. The van der Waals surface area contributed by atoms with Gasteiger partial charge in [-0.3, -0.25) is 14.8 Å². The third kappa shape index (κ3) is 3.18. The SMILES string of the molecule is CO[C@@H]1CCC(N2C(=O)CNc3ncc(-c4ccc(-c5ncn[nH]5)nc4C)nc32)C1. The number of nitrogens with zero attached hydrogens (tertiary/aromatic N) is 6. The number of aromatic amines is 1. The molecule has 2 aliphatic rings. The number of aromatic nitrogens is 6. The first-order valence-electron chi connectivity index (χ1n) is 9.93. The minimum atomic E-state index is 0.00576. The van der Waals surface area contributed by atoms with E-state index in [9.17, 15) is 4.79 Å². The molecular formula is C20H22N8O2. The number of ether oxygens (including phenoxy) is 1. The van der Waals surface area contributed by atoms with Gasteiger partial charge < -0.3 is 10.1 Å². The molecule has 4 heterocycles. The molecule has 3 aromatic rings. The minimum absolute atomic E-state index is 0.00576. The number of fused-ring (bicyclic) bond motifs is 1. The largest absolute Gasteiger partial charge is 0.381 e. The predicted molar refractivity (Wildman–Crippen MR) is 110 cm³/mol. The second-order valence-electron chi connectivity index (χ2n) is 7.53. The third-order valence-electron chi connectivity index (χ3n) is 5.73. The second kappa shape index (κ2) is 7.45. The summed E-state index contributed by atoms with van der Waals surface area (Å²) >= 11 is 0. The summed E-state index contributed by atoms with van der Waals surface area (Å²) < 4.78 is 5.50. The van der Waals surface area contributed by atoms with Gasteiger partial charge >= 0.3 is 0 Å². The van der Waals surface area contributed by atoms with Crippen LogP contribution >= 0.6 is 0 Å². The normalized spacial score (nSPS) is 20.9. The van der Waals surface area contributed by atoms with Crippen LogP contribution in [-0.4, -0.2) is 61.8 Å². The second-order valence-corrected chi connectivity index (χ2v) is 7.53. The third-order valence-corrected chi connectivity index (χ3v) is 5.73. The van der Waals surface area contributed by atoms with E-state index >= 15 is 0 Å². The summed E-state index contributed by atoms with van der Waals surface area (Å²) in [6.07, 6.45) is 5.97. The Kier molecular flexibility index (Phi) is 4.62. The van der Waals surface area contributed by atoms with Gasteiger partial charge in [0, 0.05) is 24.4 Å². The van der Waals surface area contributed by atoms with Crippen molar-refractivity contribution in [3.8, 4) is 22.8 Å². The van der Waals surface area contributed by atoms with E-state index in [4.69, 9.17) is 9.72 Å². The summed E-state index contributed by atoms with van der Waals surface area (Å²) in [5.74, 6) is 1.81. The van der Waals surface area contributed by atoms with Gasteiger partial charge in [0.2, 0.25) is 5.91 Å². The number of aryl methyl sites for hydroxylation is 1. The molecule has 1 aliphatic carbocycles. The Morgan fingerprint density at radius 3 is 2.80 bits per heavy atom. The fourth-order valence-corrected chi connectivity index (χ4v) is 4.20. The van der Waals surface area contributed by atoms with Crippen molar-refractivity contribution in [2.45, 2.75) is 38.3 Å². The minimum Gasteiger partial charge on any atom is -0.381 e. The van der Waals surface area contributed by atoms with Crippen LogP contribution in [0.3, 0.4) is 0 Å². The summed E-state index contributed by atoms with van der Waals surface area (Å²) in [5, 5.41) is 9.77. The maximum absolute atomic E-state index is 12.8. The lowest BCUT2D eigenvalue weighted by Crippen LogP contribution is -2.46. The fourth-order valence-electron chi connectivity index (χ4n) is 4.20. The number of amides is 1. The maximum atomic E-state index is 12.8. The monoisotopic (exact) mass is 406 g/mol. The lowest BCUT2D eigenvalue weighted by atomic mass is 10.1. The summed E-state index contributed by atoms with van der Waals surface area (Å²) in [6, 6.07) is 3.88. The van der Waals surface area contributed by atoms with Crippen molar-refractivity contribution in [1.82, 2.24) is 30.1 Å². The van der Waals surface area contributed by atoms with Crippen molar-refractivity contribution >= 4 is 17.5 Å². The molecule has 2 N–H and O–H groups in total. The number of carbonyl (C=O) groups excluding carboxylic acids is 1. The van der Waals surface area contributed by atoms with Crippen LogP contribution in [0.15, 0.2) is 24.7 Å². The number of pyridine rings is 1. The number of hydrogen-bond donors (Lipinski definition) is 2. The lowest BCUT2D eigenvalue weighted by molar-refractivity contribution is -0.117. The summed E-state index contributed by atoms with van der Waals surface area (Å²) in [5.41, 5.74) is 3.02. The Labute approximate surface area is 173 Å². The van der Waals surface area contributed by atoms with Gasteiger partial charge in [-0.1, -0.05) is 0 Å². The first kappa shape index (κ1) is 18.6. The zero-order chi connectivity index (χ0) is 20.7. The van der Waals surface area contributed by atoms with E-state index in [0.717, 1.165) is 30.5 Å². The molecule has 154 valence electrons. The summed E-state index contributed by atoms with van der Waals surface area (Å²) in [7, 11) is 1.72. The number of carbonyl (C=O) groups is 1. The van der Waals surface area contributed by atoms with Crippen molar-refractivity contribution in [1.29, 1.82) is 0 Å². The van der Waals surface area contributed by atoms with E-state index in [1.807, 2.05) is 19.1 Å². The first-order valence-corrected chi connectivity index (χ1v) is 9.93. The number of hydrogen-bond acceptors (Lipinski definition) is 8. The van der Waals surface area contributed by atoms with Crippen molar-refractivity contribution in [3.63, 3.8) is 0 Å². The molecule has 1 fully saturated rings. The van der Waals surface area contributed by atoms with Crippen LogP contribution in [0.2, 0.25) is 0 Å². The molecule has 30 heavy (non-hydrogen) atoms. The highest BCUT2D eigenvalue weighted by Gasteiger charge is 2.37. The van der Waals surface area contributed by atoms with Crippen molar-refractivity contribution < 1.29 is 9.53 Å². The average Bonchev–Trinajstić information content (AvgIpc) is 3.45. The van der Waals surface area contributed by atoms with Gasteiger partial charge in [-0.05, 0) is 38.3 Å². The lowest BCUT2D eigenvalue weighted by Gasteiger charge is -2.33. The molecule has 2 atom stereocenters. The van der Waals surface area contributed by atoms with Crippen LogP contribution in [0, 0.1) is 6.92 Å². The van der Waals surface area contributed by atoms with Gasteiger partial charge in [-0.25, -0.2) is 19.9 Å². The van der Waals surface area contributed by atoms with Gasteiger partial charge in [-0.15, -0.1) is 0 Å². The molecule has 1 aliphatic heterocycles. The Balaban J connectivity index is 1.51.